The van der Waals surface area contributed by atoms with Gasteiger partial charge in [-0.15, -0.1) is 0 Å². The molecule has 0 radical (unpaired) electrons. The van der Waals surface area contributed by atoms with Gasteiger partial charge in [0.15, 0.2) is 9.84 Å². The number of amides is 1. The number of hydrogen-bond acceptors (Lipinski definition) is 3. The van der Waals surface area contributed by atoms with Crippen LogP contribution in [0.5, 0.6) is 0 Å². The van der Waals surface area contributed by atoms with Gasteiger partial charge in [0.1, 0.15) is 0 Å². The first-order chi connectivity index (χ1) is 10.3. The third-order valence-electron chi connectivity index (χ3n) is 4.48. The normalized spacial score (nSPS) is 23.3. The first-order valence-electron chi connectivity index (χ1n) is 7.39. The first kappa shape index (κ1) is 15.1. The monoisotopic (exact) mass is 320 g/mol. The molecular weight excluding hydrogens is 300 g/mol. The number of fused-ring (bicyclic) bond motifs is 1. The molecule has 1 aromatic heterocycles. The highest BCUT2D eigenvalue weighted by atomic mass is 32.2. The molecule has 3 rings (SSSR count). The fraction of sp³-hybridized carbons (Fsp3) is 0.438. The van der Waals surface area contributed by atoms with Crippen LogP contribution in [0.25, 0.3) is 10.9 Å². The summed E-state index contributed by atoms with van der Waals surface area (Å²) in [7, 11) is -3.08. The summed E-state index contributed by atoms with van der Waals surface area (Å²) in [5, 5.41) is 3.97. The molecule has 0 spiro atoms. The predicted molar refractivity (Wildman–Crippen MR) is 86.7 cm³/mol. The predicted octanol–water partition coefficient (Wildman–Crippen LogP) is 2.25. The van der Waals surface area contributed by atoms with Crippen molar-refractivity contribution < 1.29 is 13.2 Å². The zero-order valence-electron chi connectivity index (χ0n) is 12.7. The van der Waals surface area contributed by atoms with E-state index in [-0.39, 0.29) is 17.7 Å². The lowest BCUT2D eigenvalue weighted by atomic mass is 9.99. The van der Waals surface area contributed by atoms with E-state index in [0.717, 1.165) is 10.9 Å². The molecule has 1 amide bonds. The highest BCUT2D eigenvalue weighted by molar-refractivity contribution is 7.92. The van der Waals surface area contributed by atoms with Crippen LogP contribution in [-0.2, 0) is 9.84 Å². The van der Waals surface area contributed by atoms with Crippen molar-refractivity contribution in [2.75, 3.05) is 5.75 Å². The molecule has 1 aliphatic rings. The number of para-hydroxylation sites is 1. The van der Waals surface area contributed by atoms with Gasteiger partial charge < -0.3 is 10.3 Å². The Morgan fingerprint density at radius 3 is 2.82 bits per heavy atom. The van der Waals surface area contributed by atoms with Gasteiger partial charge in [0.2, 0.25) is 0 Å². The van der Waals surface area contributed by atoms with Crippen molar-refractivity contribution in [3.8, 4) is 0 Å². The molecule has 0 bridgehead atoms. The number of aromatic nitrogens is 1. The molecule has 2 heterocycles. The Morgan fingerprint density at radius 2 is 2.09 bits per heavy atom. The standard InChI is InChI=1S/C16H20N2O3S/c1-16(2)10-12(7-9-22(16,20)21)18-15(19)13-5-3-4-11-6-8-17-14(11)13/h3-6,8,12,17H,7,9-10H2,1-2H3,(H,18,19). The molecule has 2 aromatic rings. The van der Waals surface area contributed by atoms with Crippen molar-refractivity contribution in [3.63, 3.8) is 0 Å². The molecule has 6 heteroatoms. The Labute approximate surface area is 130 Å². The smallest absolute Gasteiger partial charge is 0.253 e. The summed E-state index contributed by atoms with van der Waals surface area (Å²) >= 11 is 0. The third-order valence-corrected chi connectivity index (χ3v) is 7.11. The minimum atomic E-state index is -3.08. The summed E-state index contributed by atoms with van der Waals surface area (Å²) in [6.07, 6.45) is 2.72. The van der Waals surface area contributed by atoms with E-state index in [2.05, 4.69) is 10.3 Å². The average Bonchev–Trinajstić information content (AvgIpc) is 2.91. The van der Waals surface area contributed by atoms with E-state index in [9.17, 15) is 13.2 Å². The zero-order valence-corrected chi connectivity index (χ0v) is 13.5. The number of aromatic amines is 1. The number of benzene rings is 1. The highest BCUT2D eigenvalue weighted by Gasteiger charge is 2.41. The van der Waals surface area contributed by atoms with Crippen LogP contribution in [0.3, 0.4) is 0 Å². The fourth-order valence-corrected chi connectivity index (χ4v) is 4.66. The Morgan fingerprint density at radius 1 is 1.32 bits per heavy atom. The lowest BCUT2D eigenvalue weighted by Crippen LogP contribution is -2.49. The Bertz CT molecular complexity index is 821. The van der Waals surface area contributed by atoms with Crippen molar-refractivity contribution in [1.82, 2.24) is 10.3 Å². The van der Waals surface area contributed by atoms with E-state index in [1.807, 2.05) is 18.2 Å². The van der Waals surface area contributed by atoms with Gasteiger partial charge in [0.25, 0.3) is 5.91 Å². The maximum atomic E-state index is 12.5. The van der Waals surface area contributed by atoms with Crippen molar-refractivity contribution in [3.05, 3.63) is 36.0 Å². The van der Waals surface area contributed by atoms with Crippen LogP contribution in [0, 0.1) is 0 Å². The van der Waals surface area contributed by atoms with E-state index >= 15 is 0 Å². The summed E-state index contributed by atoms with van der Waals surface area (Å²) in [4.78, 5) is 15.6. The third kappa shape index (κ3) is 2.52. The lowest BCUT2D eigenvalue weighted by molar-refractivity contribution is 0.0932. The molecule has 5 nitrogen and oxygen atoms in total. The number of H-pyrrole nitrogens is 1. The summed E-state index contributed by atoms with van der Waals surface area (Å²) in [5.74, 6) is -0.0365. The molecule has 1 unspecified atom stereocenters. The number of carbonyl (C=O) groups excluding carboxylic acids is 1. The molecule has 1 atom stereocenters. The largest absolute Gasteiger partial charge is 0.361 e. The SMILES string of the molecule is CC1(C)CC(NC(=O)c2cccc3cc[nH]c23)CCS1(=O)=O. The molecule has 1 saturated heterocycles. The van der Waals surface area contributed by atoms with Gasteiger partial charge >= 0.3 is 0 Å². The zero-order chi connectivity index (χ0) is 16.0. The minimum absolute atomic E-state index is 0.115. The van der Waals surface area contributed by atoms with Crippen molar-refractivity contribution >= 4 is 26.6 Å². The van der Waals surface area contributed by atoms with Gasteiger partial charge in [0.05, 0.1) is 21.6 Å². The van der Waals surface area contributed by atoms with Crippen LogP contribution in [0.15, 0.2) is 30.5 Å². The lowest BCUT2D eigenvalue weighted by Gasteiger charge is -2.35. The van der Waals surface area contributed by atoms with Crippen LogP contribution in [-0.4, -0.2) is 35.9 Å². The van der Waals surface area contributed by atoms with E-state index < -0.39 is 14.6 Å². The molecule has 22 heavy (non-hydrogen) atoms. The molecule has 1 aliphatic heterocycles. The Kier molecular flexibility index (Phi) is 3.51. The second-order valence-electron chi connectivity index (χ2n) is 6.49. The molecule has 0 saturated carbocycles. The molecule has 1 aromatic carbocycles. The second kappa shape index (κ2) is 5.12. The maximum absolute atomic E-state index is 12.5. The van der Waals surface area contributed by atoms with Crippen LogP contribution >= 0.6 is 0 Å². The quantitative estimate of drug-likeness (QED) is 0.891. The summed E-state index contributed by atoms with van der Waals surface area (Å²) in [6.45, 7) is 3.46. The summed E-state index contributed by atoms with van der Waals surface area (Å²) < 4.78 is 23.3. The molecular formula is C16H20N2O3S. The van der Waals surface area contributed by atoms with Gasteiger partial charge in [-0.2, -0.15) is 0 Å². The minimum Gasteiger partial charge on any atom is -0.361 e. The van der Waals surface area contributed by atoms with Crippen molar-refractivity contribution in [1.29, 1.82) is 0 Å². The molecule has 1 fully saturated rings. The summed E-state index contributed by atoms with van der Waals surface area (Å²) in [5.41, 5.74) is 1.40. The molecule has 2 N–H and O–H groups in total. The van der Waals surface area contributed by atoms with E-state index in [0.29, 0.717) is 18.4 Å². The van der Waals surface area contributed by atoms with Crippen LogP contribution in [0.4, 0.5) is 0 Å². The van der Waals surface area contributed by atoms with Crippen LogP contribution < -0.4 is 5.32 Å². The van der Waals surface area contributed by atoms with E-state index in [1.54, 1.807) is 26.1 Å². The average molecular weight is 320 g/mol. The fourth-order valence-electron chi connectivity index (χ4n) is 3.06. The number of nitrogens with one attached hydrogen (secondary N) is 2. The van der Waals surface area contributed by atoms with Crippen molar-refractivity contribution in [2.45, 2.75) is 37.5 Å². The molecule has 118 valence electrons. The van der Waals surface area contributed by atoms with Gasteiger partial charge in [0, 0.05) is 17.6 Å². The van der Waals surface area contributed by atoms with Crippen LogP contribution in [0.2, 0.25) is 0 Å². The van der Waals surface area contributed by atoms with Crippen LogP contribution in [0.1, 0.15) is 37.0 Å². The van der Waals surface area contributed by atoms with E-state index in [4.69, 9.17) is 0 Å². The van der Waals surface area contributed by atoms with Gasteiger partial charge in [-0.1, -0.05) is 12.1 Å². The number of hydrogen-bond donors (Lipinski definition) is 2. The number of sulfone groups is 1. The van der Waals surface area contributed by atoms with Gasteiger partial charge in [-0.3, -0.25) is 4.79 Å². The highest BCUT2D eigenvalue weighted by Crippen LogP contribution is 2.30. The number of carbonyl (C=O) groups is 1. The second-order valence-corrected chi connectivity index (χ2v) is 9.23. The van der Waals surface area contributed by atoms with Gasteiger partial charge in [-0.25, -0.2) is 8.42 Å². The first-order valence-corrected chi connectivity index (χ1v) is 9.05. The Balaban J connectivity index is 1.80. The van der Waals surface area contributed by atoms with E-state index in [1.165, 1.54) is 0 Å². The van der Waals surface area contributed by atoms with Crippen molar-refractivity contribution in [2.24, 2.45) is 0 Å². The topological polar surface area (TPSA) is 79.0 Å². The Hall–Kier alpha value is -1.82. The van der Waals surface area contributed by atoms with Gasteiger partial charge in [-0.05, 0) is 38.8 Å². The molecule has 0 aliphatic carbocycles. The maximum Gasteiger partial charge on any atom is 0.253 e. The number of rotatable bonds is 2. The summed E-state index contributed by atoms with van der Waals surface area (Å²) in [6, 6.07) is 7.37.